The fraction of sp³-hybridized carbons (Fsp3) is 0.333. The molecule has 1 heterocycles. The van der Waals surface area contributed by atoms with Gasteiger partial charge in [0.1, 0.15) is 5.82 Å². The van der Waals surface area contributed by atoms with Crippen molar-refractivity contribution in [3.8, 4) is 0 Å². The van der Waals surface area contributed by atoms with Crippen LogP contribution in [-0.2, 0) is 4.79 Å². The highest BCUT2D eigenvalue weighted by molar-refractivity contribution is 6.30. The zero-order valence-corrected chi connectivity index (χ0v) is 7.74. The molecule has 1 amide bonds. The summed E-state index contributed by atoms with van der Waals surface area (Å²) in [7, 11) is 0. The Labute approximate surface area is 81.3 Å². The Kier molecular flexibility index (Phi) is 2.19. The van der Waals surface area contributed by atoms with E-state index in [1.807, 2.05) is 0 Å². The van der Waals surface area contributed by atoms with Crippen LogP contribution in [0.1, 0.15) is 12.8 Å². The molecule has 68 valence electrons. The van der Waals surface area contributed by atoms with Gasteiger partial charge in [0.2, 0.25) is 6.41 Å². The third-order valence-corrected chi connectivity index (χ3v) is 2.26. The number of amides is 1. The Hall–Kier alpha value is -1.09. The Morgan fingerprint density at radius 1 is 1.62 bits per heavy atom. The fourth-order valence-corrected chi connectivity index (χ4v) is 1.37. The van der Waals surface area contributed by atoms with Gasteiger partial charge in [-0.15, -0.1) is 0 Å². The number of rotatable bonds is 3. The van der Waals surface area contributed by atoms with Crippen molar-refractivity contribution in [2.24, 2.45) is 0 Å². The molecule has 13 heavy (non-hydrogen) atoms. The van der Waals surface area contributed by atoms with E-state index in [0.717, 1.165) is 19.3 Å². The molecule has 2 rings (SSSR count). The first-order valence-electron chi connectivity index (χ1n) is 4.16. The summed E-state index contributed by atoms with van der Waals surface area (Å²) in [6.45, 7) is 0. The summed E-state index contributed by atoms with van der Waals surface area (Å²) in [4.78, 5) is 16.5. The van der Waals surface area contributed by atoms with Crippen LogP contribution in [0.4, 0.5) is 5.82 Å². The second kappa shape index (κ2) is 3.34. The SMILES string of the molecule is O=CN(c1cc(Cl)ccn1)C1CC1. The summed E-state index contributed by atoms with van der Waals surface area (Å²) in [6.07, 6.45) is 4.55. The number of aromatic nitrogens is 1. The lowest BCUT2D eigenvalue weighted by molar-refractivity contribution is -0.107. The highest BCUT2D eigenvalue weighted by Gasteiger charge is 2.29. The summed E-state index contributed by atoms with van der Waals surface area (Å²) >= 11 is 5.79. The van der Waals surface area contributed by atoms with Gasteiger partial charge in [-0.2, -0.15) is 0 Å². The van der Waals surface area contributed by atoms with Crippen molar-refractivity contribution in [2.75, 3.05) is 4.90 Å². The van der Waals surface area contributed by atoms with Crippen molar-refractivity contribution in [1.29, 1.82) is 0 Å². The van der Waals surface area contributed by atoms with Crippen LogP contribution in [0.25, 0.3) is 0 Å². The smallest absolute Gasteiger partial charge is 0.215 e. The first-order valence-corrected chi connectivity index (χ1v) is 4.54. The molecule has 1 saturated carbocycles. The molecule has 3 nitrogen and oxygen atoms in total. The van der Waals surface area contributed by atoms with Gasteiger partial charge in [0.15, 0.2) is 0 Å². The molecule has 4 heteroatoms. The average molecular weight is 197 g/mol. The highest BCUT2D eigenvalue weighted by Crippen LogP contribution is 2.29. The first kappa shape index (κ1) is 8.51. The molecule has 0 spiro atoms. The lowest BCUT2D eigenvalue weighted by Gasteiger charge is -2.14. The average Bonchev–Trinajstić information content (AvgIpc) is 2.90. The zero-order chi connectivity index (χ0) is 9.26. The van der Waals surface area contributed by atoms with Crippen LogP contribution in [-0.4, -0.2) is 17.4 Å². The second-order valence-electron chi connectivity index (χ2n) is 3.08. The molecule has 0 aromatic carbocycles. The Morgan fingerprint density at radius 3 is 2.92 bits per heavy atom. The molecule has 1 fully saturated rings. The van der Waals surface area contributed by atoms with Gasteiger partial charge in [0.05, 0.1) is 0 Å². The summed E-state index contributed by atoms with van der Waals surface area (Å²) in [5.74, 6) is 0.644. The van der Waals surface area contributed by atoms with Gasteiger partial charge in [-0.05, 0) is 25.0 Å². The van der Waals surface area contributed by atoms with Gasteiger partial charge in [-0.1, -0.05) is 11.6 Å². The first-order chi connectivity index (χ1) is 6.31. The fourth-order valence-electron chi connectivity index (χ4n) is 1.21. The minimum absolute atomic E-state index is 0.337. The van der Waals surface area contributed by atoms with E-state index >= 15 is 0 Å². The van der Waals surface area contributed by atoms with Gasteiger partial charge < -0.3 is 0 Å². The van der Waals surface area contributed by atoms with Gasteiger partial charge in [0.25, 0.3) is 0 Å². The summed E-state index contributed by atoms with van der Waals surface area (Å²) < 4.78 is 0. The van der Waals surface area contributed by atoms with E-state index in [9.17, 15) is 4.79 Å². The monoisotopic (exact) mass is 196 g/mol. The summed E-state index contributed by atoms with van der Waals surface area (Å²) in [5, 5.41) is 0.609. The van der Waals surface area contributed by atoms with Crippen molar-refractivity contribution in [3.63, 3.8) is 0 Å². The van der Waals surface area contributed by atoms with E-state index in [4.69, 9.17) is 11.6 Å². The van der Waals surface area contributed by atoms with Crippen molar-refractivity contribution >= 4 is 23.8 Å². The maximum absolute atomic E-state index is 10.7. The minimum atomic E-state index is 0.337. The molecule has 0 unspecified atom stereocenters. The number of carbonyl (C=O) groups excluding carboxylic acids is 1. The molecule has 1 aliphatic rings. The Balaban J connectivity index is 2.26. The summed E-state index contributed by atoms with van der Waals surface area (Å²) in [5.41, 5.74) is 0. The number of carbonyl (C=O) groups is 1. The number of hydrogen-bond acceptors (Lipinski definition) is 2. The van der Waals surface area contributed by atoms with Gasteiger partial charge in [-0.3, -0.25) is 9.69 Å². The molecule has 0 radical (unpaired) electrons. The number of hydrogen-bond donors (Lipinski definition) is 0. The predicted octanol–water partition coefficient (Wildman–Crippen LogP) is 1.86. The molecule has 1 aliphatic carbocycles. The normalized spacial score (nSPS) is 15.5. The highest BCUT2D eigenvalue weighted by atomic mass is 35.5. The van der Waals surface area contributed by atoms with E-state index in [1.165, 1.54) is 0 Å². The molecule has 0 atom stereocenters. The maximum atomic E-state index is 10.7. The lowest BCUT2D eigenvalue weighted by Crippen LogP contribution is -2.24. The summed E-state index contributed by atoms with van der Waals surface area (Å²) in [6, 6.07) is 3.73. The third-order valence-electron chi connectivity index (χ3n) is 2.03. The lowest BCUT2D eigenvalue weighted by atomic mass is 10.4. The van der Waals surface area contributed by atoms with E-state index < -0.39 is 0 Å². The number of nitrogens with zero attached hydrogens (tertiary/aromatic N) is 2. The van der Waals surface area contributed by atoms with Crippen molar-refractivity contribution in [2.45, 2.75) is 18.9 Å². The van der Waals surface area contributed by atoms with Crippen LogP contribution >= 0.6 is 11.6 Å². The van der Waals surface area contributed by atoms with Crippen LogP contribution in [0.2, 0.25) is 5.02 Å². The third kappa shape index (κ3) is 1.80. The number of halogens is 1. The van der Waals surface area contributed by atoms with Crippen molar-refractivity contribution in [3.05, 3.63) is 23.4 Å². The van der Waals surface area contributed by atoms with Crippen molar-refractivity contribution in [1.82, 2.24) is 4.98 Å². The van der Waals surface area contributed by atoms with Crippen LogP contribution in [0.3, 0.4) is 0 Å². The topological polar surface area (TPSA) is 33.2 Å². The molecule has 0 bridgehead atoms. The zero-order valence-electron chi connectivity index (χ0n) is 6.98. The molecule has 1 aromatic rings. The molecule has 0 aliphatic heterocycles. The van der Waals surface area contributed by atoms with Gasteiger partial charge in [-0.25, -0.2) is 4.98 Å². The molecule has 1 aromatic heterocycles. The Bertz CT molecular complexity index is 325. The van der Waals surface area contributed by atoms with Crippen LogP contribution < -0.4 is 4.90 Å². The van der Waals surface area contributed by atoms with Gasteiger partial charge >= 0.3 is 0 Å². The Morgan fingerprint density at radius 2 is 2.38 bits per heavy atom. The van der Waals surface area contributed by atoms with Crippen molar-refractivity contribution < 1.29 is 4.79 Å². The van der Waals surface area contributed by atoms with E-state index in [-0.39, 0.29) is 0 Å². The minimum Gasteiger partial charge on any atom is -0.296 e. The van der Waals surface area contributed by atoms with Crippen LogP contribution in [0.15, 0.2) is 18.3 Å². The molecule has 0 saturated heterocycles. The van der Waals surface area contributed by atoms with E-state index in [1.54, 1.807) is 23.2 Å². The van der Waals surface area contributed by atoms with E-state index in [2.05, 4.69) is 4.98 Å². The molecule has 0 N–H and O–H groups in total. The molecular formula is C9H9ClN2O. The standard InChI is InChI=1S/C9H9ClN2O/c10-7-3-4-11-9(5-7)12(6-13)8-1-2-8/h3-6,8H,1-2H2. The predicted molar refractivity (Wildman–Crippen MR) is 50.8 cm³/mol. The quantitative estimate of drug-likeness (QED) is 0.692. The van der Waals surface area contributed by atoms with Crippen LogP contribution in [0.5, 0.6) is 0 Å². The van der Waals surface area contributed by atoms with Gasteiger partial charge in [0, 0.05) is 17.3 Å². The van der Waals surface area contributed by atoms with E-state index in [0.29, 0.717) is 16.9 Å². The number of pyridine rings is 1. The maximum Gasteiger partial charge on any atom is 0.215 e. The largest absolute Gasteiger partial charge is 0.296 e. The molecular weight excluding hydrogens is 188 g/mol. The van der Waals surface area contributed by atoms with Crippen LogP contribution in [0, 0.1) is 0 Å². The number of anilines is 1. The second-order valence-corrected chi connectivity index (χ2v) is 3.51.